The molecule has 9 nitrogen and oxygen atoms in total. The number of methoxy groups -OCH3 is 1. The molecule has 0 fully saturated rings. The third-order valence-electron chi connectivity index (χ3n) is 4.77. The molecule has 3 rings (SSSR count). The van der Waals surface area contributed by atoms with Crippen LogP contribution >= 0.6 is 0 Å². The number of carbonyl (C=O) groups is 2. The minimum Gasteiger partial charge on any atom is -0.497 e. The number of anilines is 1. The van der Waals surface area contributed by atoms with Crippen molar-refractivity contribution in [2.75, 3.05) is 12.4 Å². The summed E-state index contributed by atoms with van der Waals surface area (Å²) in [6.45, 7) is 0.0526. The molecule has 1 atom stereocenters. The third kappa shape index (κ3) is 7.06. The van der Waals surface area contributed by atoms with E-state index in [1.165, 1.54) is 12.1 Å². The van der Waals surface area contributed by atoms with E-state index in [2.05, 4.69) is 10.6 Å². The van der Waals surface area contributed by atoms with Gasteiger partial charge in [-0.25, -0.2) is 4.79 Å². The number of alkyl carbamates (subject to hydrolysis) is 1. The SMILES string of the molecule is COc1ccc(NC(=O)[C@H](Cc2ccc([N+](=O)[O-])cc2)NC(=O)OCc2ccccc2)cc1. The van der Waals surface area contributed by atoms with E-state index in [0.717, 1.165) is 5.56 Å². The number of nitrogens with zero attached hydrogens (tertiary/aromatic N) is 1. The molecular weight excluding hydrogens is 426 g/mol. The van der Waals surface area contributed by atoms with Crippen LogP contribution in [0.15, 0.2) is 78.9 Å². The molecule has 170 valence electrons. The van der Waals surface area contributed by atoms with Gasteiger partial charge in [0.05, 0.1) is 12.0 Å². The maximum absolute atomic E-state index is 12.9. The van der Waals surface area contributed by atoms with Gasteiger partial charge in [-0.3, -0.25) is 14.9 Å². The van der Waals surface area contributed by atoms with Crippen molar-refractivity contribution in [3.63, 3.8) is 0 Å². The number of benzene rings is 3. The van der Waals surface area contributed by atoms with Crippen LogP contribution in [0.2, 0.25) is 0 Å². The Balaban J connectivity index is 1.70. The molecule has 0 radical (unpaired) electrons. The van der Waals surface area contributed by atoms with E-state index in [1.807, 2.05) is 30.3 Å². The highest BCUT2D eigenvalue weighted by Crippen LogP contribution is 2.17. The molecule has 0 heterocycles. The van der Waals surface area contributed by atoms with Crippen molar-refractivity contribution in [1.82, 2.24) is 5.32 Å². The van der Waals surface area contributed by atoms with E-state index in [-0.39, 0.29) is 18.7 Å². The number of nitro benzene ring substituents is 1. The molecule has 2 N–H and O–H groups in total. The average Bonchev–Trinajstić information content (AvgIpc) is 2.83. The maximum Gasteiger partial charge on any atom is 0.408 e. The number of hydrogen-bond acceptors (Lipinski definition) is 6. The topological polar surface area (TPSA) is 120 Å². The van der Waals surface area contributed by atoms with Gasteiger partial charge in [0.2, 0.25) is 5.91 Å². The van der Waals surface area contributed by atoms with Crippen LogP contribution in [0.25, 0.3) is 0 Å². The predicted octanol–water partition coefficient (Wildman–Crippen LogP) is 4.08. The van der Waals surface area contributed by atoms with Crippen molar-refractivity contribution in [3.05, 3.63) is 100 Å². The van der Waals surface area contributed by atoms with E-state index >= 15 is 0 Å². The molecule has 0 aliphatic rings. The largest absolute Gasteiger partial charge is 0.497 e. The van der Waals surface area contributed by atoms with Gasteiger partial charge in [0, 0.05) is 24.2 Å². The first-order valence-corrected chi connectivity index (χ1v) is 10.1. The Morgan fingerprint density at radius 1 is 0.939 bits per heavy atom. The van der Waals surface area contributed by atoms with Crippen LogP contribution in [0.5, 0.6) is 5.75 Å². The highest BCUT2D eigenvalue weighted by atomic mass is 16.6. The molecule has 0 unspecified atom stereocenters. The molecule has 0 saturated heterocycles. The van der Waals surface area contributed by atoms with Crippen molar-refractivity contribution < 1.29 is 24.0 Å². The van der Waals surface area contributed by atoms with Gasteiger partial charge in [-0.05, 0) is 35.4 Å². The van der Waals surface area contributed by atoms with Crippen LogP contribution in [0.1, 0.15) is 11.1 Å². The van der Waals surface area contributed by atoms with Gasteiger partial charge in [-0.2, -0.15) is 0 Å². The predicted molar refractivity (Wildman–Crippen MR) is 122 cm³/mol. The molecule has 33 heavy (non-hydrogen) atoms. The second kappa shape index (κ2) is 11.3. The monoisotopic (exact) mass is 449 g/mol. The van der Waals surface area contributed by atoms with Crippen LogP contribution in [0, 0.1) is 10.1 Å². The molecule has 0 saturated carbocycles. The molecule has 2 amide bonds. The van der Waals surface area contributed by atoms with Crippen molar-refractivity contribution >= 4 is 23.4 Å². The number of hydrogen-bond donors (Lipinski definition) is 2. The molecule has 9 heteroatoms. The van der Waals surface area contributed by atoms with Crippen molar-refractivity contribution in [2.24, 2.45) is 0 Å². The van der Waals surface area contributed by atoms with Gasteiger partial charge in [0.1, 0.15) is 18.4 Å². The van der Waals surface area contributed by atoms with Crippen LogP contribution in [-0.2, 0) is 22.6 Å². The summed E-state index contributed by atoms with van der Waals surface area (Å²) in [4.78, 5) is 35.7. The van der Waals surface area contributed by atoms with Gasteiger partial charge in [-0.1, -0.05) is 42.5 Å². The third-order valence-corrected chi connectivity index (χ3v) is 4.77. The number of amides is 2. The Morgan fingerprint density at radius 3 is 2.21 bits per heavy atom. The molecular formula is C24H23N3O6. The summed E-state index contributed by atoms with van der Waals surface area (Å²) in [5.74, 6) is 0.174. The van der Waals surface area contributed by atoms with Gasteiger partial charge >= 0.3 is 6.09 Å². The fourth-order valence-corrected chi connectivity index (χ4v) is 3.01. The van der Waals surface area contributed by atoms with E-state index in [4.69, 9.17) is 9.47 Å². The summed E-state index contributed by atoms with van der Waals surface area (Å²) in [6.07, 6.45) is -0.643. The van der Waals surface area contributed by atoms with E-state index in [9.17, 15) is 19.7 Å². The van der Waals surface area contributed by atoms with Gasteiger partial charge in [0.15, 0.2) is 0 Å². The summed E-state index contributed by atoms with van der Waals surface area (Å²) in [7, 11) is 1.54. The molecule has 0 bridgehead atoms. The lowest BCUT2D eigenvalue weighted by Crippen LogP contribution is -2.45. The fourth-order valence-electron chi connectivity index (χ4n) is 3.01. The Labute approximate surface area is 190 Å². The van der Waals surface area contributed by atoms with Crippen molar-refractivity contribution in [1.29, 1.82) is 0 Å². The fraction of sp³-hybridized carbons (Fsp3) is 0.167. The highest BCUT2D eigenvalue weighted by molar-refractivity contribution is 5.96. The minimum atomic E-state index is -0.975. The molecule has 0 aliphatic heterocycles. The van der Waals surface area contributed by atoms with E-state index < -0.39 is 23.0 Å². The number of rotatable bonds is 9. The van der Waals surface area contributed by atoms with Crippen LogP contribution in [0.3, 0.4) is 0 Å². The second-order valence-electron chi connectivity index (χ2n) is 7.10. The Kier molecular flexibility index (Phi) is 7.96. The zero-order valence-electron chi connectivity index (χ0n) is 17.9. The molecule has 0 spiro atoms. The van der Waals surface area contributed by atoms with Gasteiger partial charge < -0.3 is 20.1 Å². The Hall–Kier alpha value is -4.40. The standard InChI is InChI=1S/C24H23N3O6/c1-32-21-13-9-19(10-14-21)25-23(28)22(15-17-7-11-20(12-8-17)27(30)31)26-24(29)33-16-18-5-3-2-4-6-18/h2-14,22H,15-16H2,1H3,(H,25,28)(H,26,29)/t22-/m0/s1. The summed E-state index contributed by atoms with van der Waals surface area (Å²) in [6, 6.07) is 20.7. The molecule has 3 aromatic carbocycles. The quantitative estimate of drug-likeness (QED) is 0.375. The number of ether oxygens (including phenoxy) is 2. The molecule has 3 aromatic rings. The Morgan fingerprint density at radius 2 is 1.61 bits per heavy atom. The Bertz CT molecular complexity index is 1090. The summed E-state index contributed by atoms with van der Waals surface area (Å²) >= 11 is 0. The second-order valence-corrected chi connectivity index (χ2v) is 7.10. The van der Waals surface area contributed by atoms with E-state index in [0.29, 0.717) is 17.0 Å². The van der Waals surface area contributed by atoms with Gasteiger partial charge in [-0.15, -0.1) is 0 Å². The molecule has 0 aliphatic carbocycles. The number of non-ortho nitro benzene ring substituents is 1. The number of nitrogens with one attached hydrogen (secondary N) is 2. The van der Waals surface area contributed by atoms with Crippen molar-refractivity contribution in [3.8, 4) is 5.75 Å². The first-order valence-electron chi connectivity index (χ1n) is 10.1. The first kappa shape index (κ1) is 23.3. The maximum atomic E-state index is 12.9. The number of nitro groups is 1. The van der Waals surface area contributed by atoms with E-state index in [1.54, 1.807) is 43.5 Å². The van der Waals surface area contributed by atoms with Crippen LogP contribution in [0.4, 0.5) is 16.2 Å². The zero-order chi connectivity index (χ0) is 23.6. The minimum absolute atomic E-state index is 0.0526. The lowest BCUT2D eigenvalue weighted by Gasteiger charge is -2.19. The zero-order valence-corrected chi connectivity index (χ0v) is 17.9. The molecule has 0 aromatic heterocycles. The lowest BCUT2D eigenvalue weighted by molar-refractivity contribution is -0.384. The number of carbonyl (C=O) groups excluding carboxylic acids is 2. The smallest absolute Gasteiger partial charge is 0.408 e. The van der Waals surface area contributed by atoms with Crippen LogP contribution in [-0.4, -0.2) is 30.1 Å². The first-order chi connectivity index (χ1) is 15.9. The van der Waals surface area contributed by atoms with Gasteiger partial charge in [0.25, 0.3) is 5.69 Å². The summed E-state index contributed by atoms with van der Waals surface area (Å²) < 4.78 is 10.4. The normalized spacial score (nSPS) is 11.2. The van der Waals surface area contributed by atoms with Crippen LogP contribution < -0.4 is 15.4 Å². The summed E-state index contributed by atoms with van der Waals surface area (Å²) in [5, 5.41) is 16.2. The average molecular weight is 449 g/mol. The summed E-state index contributed by atoms with van der Waals surface area (Å²) in [5.41, 5.74) is 1.91. The van der Waals surface area contributed by atoms with Crippen molar-refractivity contribution in [2.45, 2.75) is 19.1 Å². The lowest BCUT2D eigenvalue weighted by atomic mass is 10.0. The highest BCUT2D eigenvalue weighted by Gasteiger charge is 2.23.